The van der Waals surface area contributed by atoms with Crippen LogP contribution < -0.4 is 19.6 Å². The molecule has 0 saturated heterocycles. The van der Waals surface area contributed by atoms with E-state index in [-0.39, 0.29) is 23.4 Å². The number of aromatic nitrogens is 2. The molecule has 0 aliphatic heterocycles. The highest BCUT2D eigenvalue weighted by molar-refractivity contribution is 6.02. The van der Waals surface area contributed by atoms with Gasteiger partial charge in [-0.05, 0) is 72.5 Å². The number of hydrogen-bond acceptors (Lipinski definition) is 3. The molecule has 8 heteroatoms. The van der Waals surface area contributed by atoms with Crippen LogP contribution in [-0.4, -0.2) is 25.1 Å². The van der Waals surface area contributed by atoms with Gasteiger partial charge in [-0.2, -0.15) is 0 Å². The molecular formula is C31H34F2N3O3+. The number of aromatic amines is 1. The van der Waals surface area contributed by atoms with Crippen LogP contribution in [0.2, 0.25) is 0 Å². The molecule has 0 bridgehead atoms. The zero-order chi connectivity index (χ0) is 28.5. The van der Waals surface area contributed by atoms with Crippen LogP contribution in [0, 0.1) is 27.7 Å². The van der Waals surface area contributed by atoms with Gasteiger partial charge in [0.05, 0.1) is 12.7 Å². The summed E-state index contributed by atoms with van der Waals surface area (Å²) in [5, 5.41) is 2.74. The van der Waals surface area contributed by atoms with E-state index in [4.69, 9.17) is 9.57 Å². The van der Waals surface area contributed by atoms with Gasteiger partial charge in [0.25, 0.3) is 11.6 Å². The minimum atomic E-state index is -2.98. The second kappa shape index (κ2) is 10.9. The van der Waals surface area contributed by atoms with Gasteiger partial charge < -0.3 is 14.9 Å². The predicted molar refractivity (Wildman–Crippen MR) is 148 cm³/mol. The van der Waals surface area contributed by atoms with Crippen molar-refractivity contribution >= 4 is 11.6 Å². The number of H-pyrrole nitrogens is 1. The van der Waals surface area contributed by atoms with E-state index in [1.807, 2.05) is 18.2 Å². The lowest BCUT2D eigenvalue weighted by Gasteiger charge is -2.16. The smallest absolute Gasteiger partial charge is 0.327 e. The van der Waals surface area contributed by atoms with Crippen molar-refractivity contribution in [2.75, 3.05) is 19.5 Å². The zero-order valence-corrected chi connectivity index (χ0v) is 23.3. The van der Waals surface area contributed by atoms with E-state index in [1.165, 1.54) is 42.5 Å². The van der Waals surface area contributed by atoms with Gasteiger partial charge in [0, 0.05) is 30.2 Å². The first-order valence-corrected chi connectivity index (χ1v) is 12.8. The van der Waals surface area contributed by atoms with Crippen LogP contribution in [0.5, 0.6) is 5.75 Å². The number of halogens is 2. The Labute approximate surface area is 227 Å². The quantitative estimate of drug-likeness (QED) is 0.248. The predicted octanol–water partition coefficient (Wildman–Crippen LogP) is 6.69. The Morgan fingerprint density at radius 1 is 1.00 bits per heavy atom. The normalized spacial score (nSPS) is 11.4. The lowest BCUT2D eigenvalue weighted by atomic mass is 9.92. The third kappa shape index (κ3) is 5.37. The molecule has 2 N–H and O–H groups in total. The number of nitrogens with one attached hydrogen (secondary N) is 2. The van der Waals surface area contributed by atoms with Crippen molar-refractivity contribution in [1.82, 2.24) is 4.98 Å². The highest BCUT2D eigenvalue weighted by Crippen LogP contribution is 2.38. The molecule has 0 aliphatic carbocycles. The summed E-state index contributed by atoms with van der Waals surface area (Å²) in [6, 6.07) is 15.8. The molecular weight excluding hydrogens is 500 g/mol. The SMILES string of the molecule is CCC(F)(F)c1cccc(NC(=O)c2c(C)[nH]c(-c3ccc(OC)c(-c4c(C)cc(C)cc4C)c3)[n+]2OC)c1. The maximum atomic E-state index is 14.2. The van der Waals surface area contributed by atoms with E-state index < -0.39 is 11.8 Å². The first-order chi connectivity index (χ1) is 18.5. The van der Waals surface area contributed by atoms with Crippen LogP contribution in [-0.2, 0) is 5.92 Å². The number of nitrogens with zero attached hydrogens (tertiary/aromatic N) is 1. The van der Waals surface area contributed by atoms with Crippen LogP contribution in [0.15, 0.2) is 54.6 Å². The molecule has 0 saturated carbocycles. The number of methoxy groups -OCH3 is 1. The van der Waals surface area contributed by atoms with Gasteiger partial charge in [-0.3, -0.25) is 4.79 Å². The number of carbonyl (C=O) groups is 1. The van der Waals surface area contributed by atoms with Gasteiger partial charge in [0.1, 0.15) is 12.9 Å². The van der Waals surface area contributed by atoms with Crippen LogP contribution in [0.3, 0.4) is 0 Å². The topological polar surface area (TPSA) is 67.2 Å². The lowest BCUT2D eigenvalue weighted by Crippen LogP contribution is -2.47. The maximum Gasteiger partial charge on any atom is 0.327 e. The average molecular weight is 535 g/mol. The van der Waals surface area contributed by atoms with Crippen molar-refractivity contribution in [2.45, 2.75) is 47.0 Å². The minimum absolute atomic E-state index is 0.152. The van der Waals surface area contributed by atoms with E-state index in [0.29, 0.717) is 11.5 Å². The molecule has 0 fully saturated rings. The number of amides is 1. The average Bonchev–Trinajstić information content (AvgIpc) is 3.24. The second-order valence-electron chi connectivity index (χ2n) is 9.71. The highest BCUT2D eigenvalue weighted by atomic mass is 19.3. The summed E-state index contributed by atoms with van der Waals surface area (Å²) in [5.74, 6) is -2.20. The largest absolute Gasteiger partial charge is 0.496 e. The summed E-state index contributed by atoms with van der Waals surface area (Å²) >= 11 is 0. The molecule has 3 aromatic carbocycles. The summed E-state index contributed by atoms with van der Waals surface area (Å²) in [6.07, 6.45) is -0.333. The van der Waals surface area contributed by atoms with Crippen molar-refractivity contribution in [1.29, 1.82) is 0 Å². The van der Waals surface area contributed by atoms with Crippen LogP contribution >= 0.6 is 0 Å². The summed E-state index contributed by atoms with van der Waals surface area (Å²) in [7, 11) is 3.11. The number of alkyl halides is 2. The van der Waals surface area contributed by atoms with E-state index in [0.717, 1.165) is 33.6 Å². The van der Waals surface area contributed by atoms with E-state index in [1.54, 1.807) is 20.1 Å². The third-order valence-electron chi connectivity index (χ3n) is 6.87. The molecule has 1 aromatic heterocycles. The van der Waals surface area contributed by atoms with Gasteiger partial charge in [-0.25, -0.2) is 13.8 Å². The van der Waals surface area contributed by atoms with Crippen molar-refractivity contribution in [3.8, 4) is 28.3 Å². The van der Waals surface area contributed by atoms with Crippen LogP contribution in [0.25, 0.3) is 22.5 Å². The molecule has 0 spiro atoms. The van der Waals surface area contributed by atoms with E-state index in [2.05, 4.69) is 43.2 Å². The van der Waals surface area contributed by atoms with Gasteiger partial charge in [0.2, 0.25) is 0 Å². The highest BCUT2D eigenvalue weighted by Gasteiger charge is 2.32. The Hall–Kier alpha value is -4.20. The molecule has 4 rings (SSSR count). The Morgan fingerprint density at radius 3 is 2.31 bits per heavy atom. The molecule has 39 heavy (non-hydrogen) atoms. The van der Waals surface area contributed by atoms with Gasteiger partial charge in [0.15, 0.2) is 5.69 Å². The first-order valence-electron chi connectivity index (χ1n) is 12.8. The second-order valence-corrected chi connectivity index (χ2v) is 9.71. The number of ether oxygens (including phenoxy) is 1. The molecule has 204 valence electrons. The van der Waals surface area contributed by atoms with Crippen molar-refractivity contribution in [2.24, 2.45) is 0 Å². The summed E-state index contributed by atoms with van der Waals surface area (Å²) < 4.78 is 35.6. The standard InChI is InChI=1S/C31H33F2N3O3/c1-8-31(32,33)23-10-9-11-24(17-23)35-30(37)28-21(5)34-29(36(28)39-7)22-12-13-26(38-6)25(16-22)27-19(3)14-18(2)15-20(27)4/h9-17H,8H2,1-7H3,(H,35,37)/p+1. The first kappa shape index (κ1) is 27.8. The number of rotatable bonds is 8. The number of hydrogen-bond donors (Lipinski definition) is 2. The molecule has 1 heterocycles. The maximum absolute atomic E-state index is 14.2. The monoisotopic (exact) mass is 534 g/mol. The van der Waals surface area contributed by atoms with Gasteiger partial charge in [-0.15, -0.1) is 0 Å². The molecule has 0 atom stereocenters. The third-order valence-corrected chi connectivity index (χ3v) is 6.87. The summed E-state index contributed by atoms with van der Waals surface area (Å²) in [5.41, 5.74) is 7.10. The molecule has 0 unspecified atom stereocenters. The number of anilines is 1. The van der Waals surface area contributed by atoms with Gasteiger partial charge >= 0.3 is 11.7 Å². The zero-order valence-electron chi connectivity index (χ0n) is 23.3. The van der Waals surface area contributed by atoms with Crippen molar-refractivity contribution in [3.63, 3.8) is 0 Å². The number of aryl methyl sites for hydroxylation is 4. The summed E-state index contributed by atoms with van der Waals surface area (Å²) in [4.78, 5) is 22.3. The van der Waals surface area contributed by atoms with Crippen molar-refractivity contribution < 1.29 is 27.9 Å². The molecule has 0 radical (unpaired) electrons. The van der Waals surface area contributed by atoms with E-state index in [9.17, 15) is 13.6 Å². The molecule has 6 nitrogen and oxygen atoms in total. The summed E-state index contributed by atoms with van der Waals surface area (Å²) in [6.45, 7) is 9.39. The fourth-order valence-corrected chi connectivity index (χ4v) is 5.06. The van der Waals surface area contributed by atoms with Gasteiger partial charge in [-0.1, -0.05) is 36.8 Å². The van der Waals surface area contributed by atoms with Crippen LogP contribution in [0.4, 0.5) is 14.5 Å². The molecule has 4 aromatic rings. The Morgan fingerprint density at radius 2 is 1.69 bits per heavy atom. The Balaban J connectivity index is 1.76. The Kier molecular flexibility index (Phi) is 7.77. The fraction of sp³-hybridized carbons (Fsp3) is 0.290. The Bertz CT molecular complexity index is 1520. The van der Waals surface area contributed by atoms with Crippen LogP contribution in [0.1, 0.15) is 51.8 Å². The number of imidazole rings is 1. The lowest BCUT2D eigenvalue weighted by molar-refractivity contribution is -0.877. The minimum Gasteiger partial charge on any atom is -0.496 e. The molecule has 0 aliphatic rings. The van der Waals surface area contributed by atoms with Crippen molar-refractivity contribution in [3.05, 3.63) is 88.2 Å². The number of benzene rings is 3. The van der Waals surface area contributed by atoms with E-state index >= 15 is 0 Å². The molecule has 1 amide bonds. The fourth-order valence-electron chi connectivity index (χ4n) is 5.06. The number of carbonyl (C=O) groups excluding carboxylic acids is 1.